The van der Waals surface area contributed by atoms with Gasteiger partial charge in [-0.1, -0.05) is 61.2 Å². The predicted octanol–water partition coefficient (Wildman–Crippen LogP) is 4.20. The van der Waals surface area contributed by atoms with Crippen LogP contribution in [0.2, 0.25) is 0 Å². The lowest BCUT2D eigenvalue weighted by Crippen LogP contribution is -1.96. The number of carbonyl (C=O) groups excluding carboxylic acids is 1. The fraction of sp³-hybridized carbons (Fsp3) is 0.0625. The van der Waals surface area contributed by atoms with Gasteiger partial charge in [-0.2, -0.15) is 0 Å². The van der Waals surface area contributed by atoms with Gasteiger partial charge in [-0.05, 0) is 23.6 Å². The molecule has 0 N–H and O–H groups in total. The fourth-order valence-corrected chi connectivity index (χ4v) is 1.95. The van der Waals surface area contributed by atoms with Crippen LogP contribution in [0.15, 0.2) is 55.1 Å². The largest absolute Gasteiger partial charge is 0.294 e. The smallest absolute Gasteiger partial charge is 0.160 e. The second kappa shape index (κ2) is 4.79. The summed E-state index contributed by atoms with van der Waals surface area (Å²) in [5, 5.41) is 0. The highest BCUT2D eigenvalue weighted by Gasteiger charge is 2.09. The Bertz CT molecular complexity index is 567. The first kappa shape index (κ1) is 11.3. The molecule has 0 saturated heterocycles. The van der Waals surface area contributed by atoms with E-state index in [1.807, 2.05) is 54.6 Å². The van der Waals surface area contributed by atoms with Crippen LogP contribution >= 0.6 is 0 Å². The summed E-state index contributed by atoms with van der Waals surface area (Å²) in [6.07, 6.45) is 1.81. The molecule has 1 nitrogen and oxygen atoms in total. The van der Waals surface area contributed by atoms with E-state index in [0.717, 1.165) is 22.3 Å². The van der Waals surface area contributed by atoms with E-state index in [9.17, 15) is 4.79 Å². The number of carbonyl (C=O) groups is 1. The molecule has 0 aliphatic carbocycles. The van der Waals surface area contributed by atoms with E-state index in [1.54, 1.807) is 6.92 Å². The van der Waals surface area contributed by atoms with E-state index < -0.39 is 0 Å². The van der Waals surface area contributed by atoms with Gasteiger partial charge in [0.15, 0.2) is 5.78 Å². The second-order valence-electron chi connectivity index (χ2n) is 3.89. The van der Waals surface area contributed by atoms with Gasteiger partial charge < -0.3 is 0 Å². The van der Waals surface area contributed by atoms with Crippen LogP contribution in [0.4, 0.5) is 0 Å². The lowest BCUT2D eigenvalue weighted by atomic mass is 9.94. The van der Waals surface area contributed by atoms with Gasteiger partial charge in [0.1, 0.15) is 0 Å². The second-order valence-corrected chi connectivity index (χ2v) is 3.89. The first-order valence-corrected chi connectivity index (χ1v) is 5.56. The average molecular weight is 222 g/mol. The molecule has 0 amide bonds. The summed E-state index contributed by atoms with van der Waals surface area (Å²) in [6, 6.07) is 15.6. The topological polar surface area (TPSA) is 17.1 Å². The lowest BCUT2D eigenvalue weighted by molar-refractivity contribution is 0.101. The maximum atomic E-state index is 11.6. The van der Waals surface area contributed by atoms with Crippen molar-refractivity contribution in [1.29, 1.82) is 0 Å². The summed E-state index contributed by atoms with van der Waals surface area (Å²) in [6.45, 7) is 5.40. The maximum Gasteiger partial charge on any atom is 0.160 e. The molecule has 0 fully saturated rings. The molecule has 1 heteroatoms. The van der Waals surface area contributed by atoms with Gasteiger partial charge in [0.25, 0.3) is 0 Å². The maximum absolute atomic E-state index is 11.6. The molecule has 0 unspecified atom stereocenters. The molecule has 0 saturated carbocycles. The van der Waals surface area contributed by atoms with Gasteiger partial charge >= 0.3 is 0 Å². The van der Waals surface area contributed by atoms with Gasteiger partial charge in [-0.3, -0.25) is 4.79 Å². The number of ketones is 1. The van der Waals surface area contributed by atoms with E-state index in [0.29, 0.717) is 0 Å². The van der Waals surface area contributed by atoms with Crippen LogP contribution in [0.5, 0.6) is 0 Å². The molecule has 17 heavy (non-hydrogen) atoms. The number of benzene rings is 2. The summed E-state index contributed by atoms with van der Waals surface area (Å²) in [4.78, 5) is 11.6. The molecular weight excluding hydrogens is 208 g/mol. The third kappa shape index (κ3) is 2.18. The fourth-order valence-electron chi connectivity index (χ4n) is 1.95. The zero-order valence-corrected chi connectivity index (χ0v) is 9.81. The Hall–Kier alpha value is -2.15. The van der Waals surface area contributed by atoms with Crippen molar-refractivity contribution >= 4 is 11.9 Å². The van der Waals surface area contributed by atoms with Crippen LogP contribution in [-0.2, 0) is 0 Å². The van der Waals surface area contributed by atoms with Gasteiger partial charge in [-0.15, -0.1) is 0 Å². The summed E-state index contributed by atoms with van der Waals surface area (Å²) < 4.78 is 0. The van der Waals surface area contributed by atoms with E-state index in [1.165, 1.54) is 0 Å². The van der Waals surface area contributed by atoms with Gasteiger partial charge in [0.2, 0.25) is 0 Å². The number of rotatable bonds is 3. The van der Waals surface area contributed by atoms with Crippen molar-refractivity contribution in [2.45, 2.75) is 6.92 Å². The first-order valence-electron chi connectivity index (χ1n) is 5.56. The monoisotopic (exact) mass is 222 g/mol. The summed E-state index contributed by atoms with van der Waals surface area (Å²) in [5.74, 6) is 0.0828. The highest BCUT2D eigenvalue weighted by Crippen LogP contribution is 2.27. The molecular formula is C16H14O. The van der Waals surface area contributed by atoms with Gasteiger partial charge in [0.05, 0.1) is 0 Å². The molecule has 2 rings (SSSR count). The van der Waals surface area contributed by atoms with E-state index in [-0.39, 0.29) is 5.78 Å². The molecule has 0 aliphatic heterocycles. The summed E-state index contributed by atoms with van der Waals surface area (Å²) >= 11 is 0. The standard InChI is InChI=1S/C16H14O/c1-3-13-8-4-5-10-15(13)16-11-7-6-9-14(16)12(2)17/h3-11H,1H2,2H3. The van der Waals surface area contributed by atoms with Crippen molar-refractivity contribution in [3.05, 3.63) is 66.2 Å². The molecule has 0 bridgehead atoms. The van der Waals surface area contributed by atoms with E-state index >= 15 is 0 Å². The Balaban J connectivity index is 2.68. The van der Waals surface area contributed by atoms with Crippen molar-refractivity contribution in [3.63, 3.8) is 0 Å². The van der Waals surface area contributed by atoms with Crippen LogP contribution in [0, 0.1) is 0 Å². The van der Waals surface area contributed by atoms with E-state index in [2.05, 4.69) is 6.58 Å². The molecule has 2 aromatic carbocycles. The molecule has 0 heterocycles. The van der Waals surface area contributed by atoms with Crippen molar-refractivity contribution in [2.24, 2.45) is 0 Å². The molecule has 2 aromatic rings. The van der Waals surface area contributed by atoms with Crippen molar-refractivity contribution < 1.29 is 4.79 Å². The molecule has 84 valence electrons. The Morgan fingerprint density at radius 3 is 2.24 bits per heavy atom. The number of Topliss-reactive ketones (excluding diaryl/α,β-unsaturated/α-hetero) is 1. The van der Waals surface area contributed by atoms with Crippen LogP contribution in [0.1, 0.15) is 22.8 Å². The van der Waals surface area contributed by atoms with Gasteiger partial charge in [-0.25, -0.2) is 0 Å². The number of hydrogen-bond acceptors (Lipinski definition) is 1. The summed E-state index contributed by atoms with van der Waals surface area (Å²) in [5.41, 5.74) is 3.81. The lowest BCUT2D eigenvalue weighted by Gasteiger charge is -2.09. The minimum absolute atomic E-state index is 0.0828. The van der Waals surface area contributed by atoms with Crippen LogP contribution < -0.4 is 0 Å². The molecule has 0 aliphatic rings. The highest BCUT2D eigenvalue weighted by atomic mass is 16.1. The highest BCUT2D eigenvalue weighted by molar-refractivity contribution is 6.01. The first-order chi connectivity index (χ1) is 8.24. The Labute approximate surface area is 101 Å². The van der Waals surface area contributed by atoms with E-state index in [4.69, 9.17) is 0 Å². The molecule has 0 aromatic heterocycles. The third-order valence-electron chi connectivity index (χ3n) is 2.78. The van der Waals surface area contributed by atoms with Crippen molar-refractivity contribution in [1.82, 2.24) is 0 Å². The zero-order chi connectivity index (χ0) is 12.3. The molecule has 0 spiro atoms. The van der Waals surface area contributed by atoms with Crippen molar-refractivity contribution in [3.8, 4) is 11.1 Å². The molecule has 0 radical (unpaired) electrons. The minimum atomic E-state index is 0.0828. The summed E-state index contributed by atoms with van der Waals surface area (Å²) in [7, 11) is 0. The Morgan fingerprint density at radius 1 is 1.00 bits per heavy atom. The zero-order valence-electron chi connectivity index (χ0n) is 9.81. The van der Waals surface area contributed by atoms with Crippen LogP contribution in [0.3, 0.4) is 0 Å². The Kier molecular flexibility index (Phi) is 3.20. The minimum Gasteiger partial charge on any atom is -0.294 e. The predicted molar refractivity (Wildman–Crippen MR) is 72.0 cm³/mol. The average Bonchev–Trinajstić information content (AvgIpc) is 2.38. The number of hydrogen-bond donors (Lipinski definition) is 0. The van der Waals surface area contributed by atoms with Gasteiger partial charge in [0, 0.05) is 5.56 Å². The van der Waals surface area contributed by atoms with Crippen LogP contribution in [-0.4, -0.2) is 5.78 Å². The van der Waals surface area contributed by atoms with Crippen LogP contribution in [0.25, 0.3) is 17.2 Å². The third-order valence-corrected chi connectivity index (χ3v) is 2.78. The molecule has 0 atom stereocenters. The quantitative estimate of drug-likeness (QED) is 0.711. The normalized spacial score (nSPS) is 9.94. The Morgan fingerprint density at radius 2 is 1.59 bits per heavy atom. The van der Waals surface area contributed by atoms with Crippen molar-refractivity contribution in [2.75, 3.05) is 0 Å². The SMILES string of the molecule is C=Cc1ccccc1-c1ccccc1C(C)=O.